The minimum absolute atomic E-state index is 0.0343. The molecule has 1 saturated heterocycles. The van der Waals surface area contributed by atoms with Crippen LogP contribution >= 0.6 is 0 Å². The summed E-state index contributed by atoms with van der Waals surface area (Å²) < 4.78 is 0. The van der Waals surface area contributed by atoms with E-state index in [2.05, 4.69) is 0 Å². The Hall–Kier alpha value is -1.68. The van der Waals surface area contributed by atoms with Crippen molar-refractivity contribution >= 4 is 17.5 Å². The fraction of sp³-hybridized carbons (Fsp3) is 0.467. The third-order valence-corrected chi connectivity index (χ3v) is 4.22. The first kappa shape index (κ1) is 12.4. The molecule has 19 heavy (non-hydrogen) atoms. The number of fused-ring (bicyclic) bond motifs is 1. The van der Waals surface area contributed by atoms with Gasteiger partial charge in [-0.1, -0.05) is 25.0 Å². The van der Waals surface area contributed by atoms with Crippen molar-refractivity contribution in [2.24, 2.45) is 11.8 Å². The van der Waals surface area contributed by atoms with Gasteiger partial charge in [-0.25, -0.2) is 0 Å². The van der Waals surface area contributed by atoms with Gasteiger partial charge >= 0.3 is 0 Å². The van der Waals surface area contributed by atoms with Crippen LogP contribution in [0, 0.1) is 11.8 Å². The Bertz CT molecular complexity index is 485. The summed E-state index contributed by atoms with van der Waals surface area (Å²) >= 11 is 0. The van der Waals surface area contributed by atoms with Crippen LogP contribution in [-0.2, 0) is 16.2 Å². The number of nitrogens with zero attached hydrogens (tertiary/aromatic N) is 1. The summed E-state index contributed by atoms with van der Waals surface area (Å²) in [6.07, 6.45) is 3.75. The highest BCUT2D eigenvalue weighted by atomic mass is 16.3. The Kier molecular flexibility index (Phi) is 3.11. The van der Waals surface area contributed by atoms with Crippen molar-refractivity contribution in [3.63, 3.8) is 0 Å². The van der Waals surface area contributed by atoms with Crippen molar-refractivity contribution in [1.29, 1.82) is 0 Å². The van der Waals surface area contributed by atoms with Gasteiger partial charge in [-0.3, -0.25) is 14.5 Å². The van der Waals surface area contributed by atoms with E-state index in [1.165, 1.54) is 4.90 Å². The Balaban J connectivity index is 1.91. The van der Waals surface area contributed by atoms with Crippen LogP contribution in [0.4, 0.5) is 5.69 Å². The van der Waals surface area contributed by atoms with Crippen LogP contribution in [0.15, 0.2) is 24.3 Å². The molecule has 4 heteroatoms. The SMILES string of the molecule is O=C1C2CCCCC2C(=O)N1c1ccc(CO)cc1. The lowest BCUT2D eigenvalue weighted by molar-refractivity contribution is -0.122. The molecule has 1 aromatic carbocycles. The van der Waals surface area contributed by atoms with Crippen LogP contribution in [0.25, 0.3) is 0 Å². The van der Waals surface area contributed by atoms with Crippen LogP contribution in [0.1, 0.15) is 31.2 Å². The molecule has 1 aliphatic carbocycles. The third-order valence-electron chi connectivity index (χ3n) is 4.22. The van der Waals surface area contributed by atoms with Crippen LogP contribution in [0.3, 0.4) is 0 Å². The zero-order chi connectivity index (χ0) is 13.4. The zero-order valence-corrected chi connectivity index (χ0v) is 10.7. The Morgan fingerprint density at radius 2 is 1.53 bits per heavy atom. The number of rotatable bonds is 2. The molecular formula is C15H17NO3. The second kappa shape index (κ2) is 4.78. The van der Waals surface area contributed by atoms with E-state index in [0.717, 1.165) is 31.2 Å². The standard InChI is InChI=1S/C15H17NO3/c17-9-10-5-7-11(8-6-10)16-14(18)12-3-1-2-4-13(12)15(16)19/h5-8,12-13,17H,1-4,9H2. The zero-order valence-electron chi connectivity index (χ0n) is 10.7. The molecule has 0 aromatic heterocycles. The number of imide groups is 1. The lowest BCUT2D eigenvalue weighted by Crippen LogP contribution is -2.30. The van der Waals surface area contributed by atoms with Gasteiger partial charge in [-0.2, -0.15) is 0 Å². The summed E-state index contributed by atoms with van der Waals surface area (Å²) in [6, 6.07) is 6.97. The molecule has 0 radical (unpaired) electrons. The van der Waals surface area contributed by atoms with Crippen molar-refractivity contribution in [1.82, 2.24) is 0 Å². The minimum Gasteiger partial charge on any atom is -0.392 e. The molecule has 1 aromatic rings. The Morgan fingerprint density at radius 1 is 1.00 bits per heavy atom. The fourth-order valence-electron chi connectivity index (χ4n) is 3.17. The van der Waals surface area contributed by atoms with Crippen molar-refractivity contribution < 1.29 is 14.7 Å². The van der Waals surface area contributed by atoms with Crippen LogP contribution in [0.2, 0.25) is 0 Å². The number of benzene rings is 1. The highest BCUT2D eigenvalue weighted by molar-refractivity contribution is 6.22. The van der Waals surface area contributed by atoms with Crippen molar-refractivity contribution in [3.8, 4) is 0 Å². The van der Waals surface area contributed by atoms with Gasteiger partial charge in [0.05, 0.1) is 24.1 Å². The fourth-order valence-corrected chi connectivity index (χ4v) is 3.17. The summed E-state index contributed by atoms with van der Waals surface area (Å²) in [5.41, 5.74) is 1.40. The molecule has 1 aliphatic heterocycles. The van der Waals surface area contributed by atoms with Crippen LogP contribution in [0.5, 0.6) is 0 Å². The van der Waals surface area contributed by atoms with Crippen molar-refractivity contribution in [2.45, 2.75) is 32.3 Å². The molecular weight excluding hydrogens is 242 g/mol. The quantitative estimate of drug-likeness (QED) is 0.825. The van der Waals surface area contributed by atoms with Crippen molar-refractivity contribution in [3.05, 3.63) is 29.8 Å². The number of hydrogen-bond donors (Lipinski definition) is 1. The molecule has 100 valence electrons. The minimum atomic E-state index is -0.112. The molecule has 0 bridgehead atoms. The molecule has 2 fully saturated rings. The van der Waals surface area contributed by atoms with Gasteiger partial charge in [-0.05, 0) is 30.5 Å². The van der Waals surface area contributed by atoms with E-state index in [4.69, 9.17) is 5.11 Å². The topological polar surface area (TPSA) is 57.6 Å². The van der Waals surface area contributed by atoms with E-state index in [1.54, 1.807) is 24.3 Å². The number of aliphatic hydroxyl groups excluding tert-OH is 1. The maximum absolute atomic E-state index is 12.4. The van der Waals surface area contributed by atoms with Gasteiger partial charge in [0, 0.05) is 0 Å². The van der Waals surface area contributed by atoms with E-state index in [-0.39, 0.29) is 30.3 Å². The summed E-state index contributed by atoms with van der Waals surface area (Å²) in [5, 5.41) is 9.02. The average Bonchev–Trinajstić information content (AvgIpc) is 2.72. The Morgan fingerprint density at radius 3 is 2.00 bits per heavy atom. The van der Waals surface area contributed by atoms with Crippen LogP contribution < -0.4 is 4.90 Å². The van der Waals surface area contributed by atoms with E-state index < -0.39 is 0 Å². The number of amides is 2. The molecule has 3 rings (SSSR count). The summed E-state index contributed by atoms with van der Waals surface area (Å²) in [5.74, 6) is -0.324. The van der Waals surface area contributed by atoms with Crippen molar-refractivity contribution in [2.75, 3.05) is 4.90 Å². The second-order valence-corrected chi connectivity index (χ2v) is 5.33. The second-order valence-electron chi connectivity index (χ2n) is 5.33. The predicted octanol–water partition coefficient (Wildman–Crippen LogP) is 1.86. The number of carbonyl (C=O) groups excluding carboxylic acids is 2. The lowest BCUT2D eigenvalue weighted by Gasteiger charge is -2.19. The van der Waals surface area contributed by atoms with Gasteiger partial charge in [0.1, 0.15) is 0 Å². The number of aliphatic hydroxyl groups is 1. The monoisotopic (exact) mass is 259 g/mol. The van der Waals surface area contributed by atoms with Crippen LogP contribution in [-0.4, -0.2) is 16.9 Å². The molecule has 4 nitrogen and oxygen atoms in total. The molecule has 2 amide bonds. The third kappa shape index (κ3) is 1.96. The molecule has 1 N–H and O–H groups in total. The highest BCUT2D eigenvalue weighted by Gasteiger charge is 2.48. The van der Waals surface area contributed by atoms with Gasteiger partial charge in [-0.15, -0.1) is 0 Å². The molecule has 1 saturated carbocycles. The molecule has 2 aliphatic rings. The number of hydrogen-bond acceptors (Lipinski definition) is 3. The Labute approximate surface area is 112 Å². The summed E-state index contributed by atoms with van der Waals surface area (Å²) in [6.45, 7) is -0.0343. The first-order valence-electron chi connectivity index (χ1n) is 6.80. The molecule has 0 spiro atoms. The number of carbonyl (C=O) groups is 2. The van der Waals surface area contributed by atoms with Gasteiger partial charge in [0.15, 0.2) is 0 Å². The van der Waals surface area contributed by atoms with Gasteiger partial charge in [0.2, 0.25) is 11.8 Å². The molecule has 2 atom stereocenters. The van der Waals surface area contributed by atoms with Gasteiger partial charge < -0.3 is 5.11 Å². The lowest BCUT2D eigenvalue weighted by atomic mass is 9.81. The molecule has 1 heterocycles. The highest BCUT2D eigenvalue weighted by Crippen LogP contribution is 2.39. The summed E-state index contributed by atoms with van der Waals surface area (Å²) in [4.78, 5) is 26.1. The first-order chi connectivity index (χ1) is 9.22. The van der Waals surface area contributed by atoms with E-state index in [9.17, 15) is 9.59 Å². The average molecular weight is 259 g/mol. The van der Waals surface area contributed by atoms with E-state index >= 15 is 0 Å². The molecule has 2 unspecified atom stereocenters. The smallest absolute Gasteiger partial charge is 0.237 e. The normalized spacial score (nSPS) is 26.7. The predicted molar refractivity (Wildman–Crippen MR) is 70.3 cm³/mol. The number of anilines is 1. The largest absolute Gasteiger partial charge is 0.392 e. The van der Waals surface area contributed by atoms with E-state index in [0.29, 0.717) is 5.69 Å². The maximum atomic E-state index is 12.4. The summed E-state index contributed by atoms with van der Waals surface area (Å²) in [7, 11) is 0. The first-order valence-corrected chi connectivity index (χ1v) is 6.80. The maximum Gasteiger partial charge on any atom is 0.237 e. The van der Waals surface area contributed by atoms with E-state index in [1.807, 2.05) is 0 Å². The van der Waals surface area contributed by atoms with Gasteiger partial charge in [0.25, 0.3) is 0 Å².